The zero-order chi connectivity index (χ0) is 22.2. The van der Waals surface area contributed by atoms with Crippen LogP contribution in [0.15, 0.2) is 47.1 Å². The van der Waals surface area contributed by atoms with Crippen molar-refractivity contribution in [2.75, 3.05) is 38.5 Å². The van der Waals surface area contributed by atoms with Crippen LogP contribution in [-0.4, -0.2) is 64.1 Å². The first-order chi connectivity index (χ1) is 15.5. The Balaban J connectivity index is 1.39. The van der Waals surface area contributed by atoms with Crippen LogP contribution in [0.3, 0.4) is 0 Å². The van der Waals surface area contributed by atoms with E-state index in [2.05, 4.69) is 41.3 Å². The van der Waals surface area contributed by atoms with Crippen LogP contribution < -0.4 is 5.32 Å². The lowest BCUT2D eigenvalue weighted by atomic mass is 10.0. The molecule has 0 bridgehead atoms. The topological polar surface area (TPSA) is 87.4 Å². The molecule has 1 aliphatic rings. The largest absolute Gasteiger partial charge is 0.356 e. The van der Waals surface area contributed by atoms with Crippen molar-refractivity contribution in [1.82, 2.24) is 24.9 Å². The third-order valence-electron chi connectivity index (χ3n) is 5.94. The molecule has 2 aromatic heterocycles. The first-order valence-corrected chi connectivity index (χ1v) is 10.9. The molecule has 32 heavy (non-hydrogen) atoms. The second kappa shape index (κ2) is 8.20. The number of piperazine rings is 1. The van der Waals surface area contributed by atoms with Gasteiger partial charge in [-0.3, -0.25) is 4.79 Å². The van der Waals surface area contributed by atoms with Gasteiger partial charge < -0.3 is 19.6 Å². The van der Waals surface area contributed by atoms with E-state index in [-0.39, 0.29) is 11.8 Å². The molecule has 2 aromatic carbocycles. The molecule has 0 atom stereocenters. The monoisotopic (exact) mass is 430 g/mol. The van der Waals surface area contributed by atoms with Crippen molar-refractivity contribution in [2.24, 2.45) is 0 Å². The smallest absolute Gasteiger partial charge is 0.253 e. The molecule has 164 valence electrons. The molecule has 0 spiro atoms. The molecule has 1 fully saturated rings. The van der Waals surface area contributed by atoms with Crippen LogP contribution in [0.2, 0.25) is 0 Å². The molecule has 8 nitrogen and oxygen atoms in total. The highest BCUT2D eigenvalue weighted by Crippen LogP contribution is 2.31. The fourth-order valence-electron chi connectivity index (χ4n) is 4.02. The van der Waals surface area contributed by atoms with Gasteiger partial charge in [-0.1, -0.05) is 19.0 Å². The van der Waals surface area contributed by atoms with Crippen molar-refractivity contribution in [3.8, 4) is 0 Å². The molecule has 0 saturated carbocycles. The molecule has 1 saturated heterocycles. The average molecular weight is 431 g/mol. The highest BCUT2D eigenvalue weighted by molar-refractivity contribution is 6.04. The second-order valence-electron chi connectivity index (χ2n) is 8.59. The van der Waals surface area contributed by atoms with Gasteiger partial charge in [-0.15, -0.1) is 0 Å². The maximum absolute atomic E-state index is 12.8. The molecular weight excluding hydrogens is 404 g/mol. The number of likely N-dealkylation sites (N-methyl/N-ethyl adjacent to an activating group) is 1. The van der Waals surface area contributed by atoms with Crippen molar-refractivity contribution in [2.45, 2.75) is 19.8 Å². The van der Waals surface area contributed by atoms with Crippen molar-refractivity contribution in [3.63, 3.8) is 0 Å². The van der Waals surface area contributed by atoms with Crippen molar-refractivity contribution < 1.29 is 9.32 Å². The number of nitrogens with zero attached hydrogens (tertiary/aromatic N) is 5. The fraction of sp³-hybridized carbons (Fsp3) is 0.333. The quantitative estimate of drug-likeness (QED) is 0.523. The summed E-state index contributed by atoms with van der Waals surface area (Å²) in [5, 5.41) is 9.34. The van der Waals surface area contributed by atoms with E-state index >= 15 is 0 Å². The second-order valence-corrected chi connectivity index (χ2v) is 8.59. The van der Waals surface area contributed by atoms with Crippen LogP contribution in [0.5, 0.6) is 0 Å². The Morgan fingerprint density at radius 2 is 1.81 bits per heavy atom. The molecule has 0 radical (unpaired) electrons. The molecule has 1 N–H and O–H groups in total. The van der Waals surface area contributed by atoms with Gasteiger partial charge in [-0.25, -0.2) is 9.97 Å². The van der Waals surface area contributed by atoms with Crippen molar-refractivity contribution in [3.05, 3.63) is 53.9 Å². The lowest BCUT2D eigenvalue weighted by Crippen LogP contribution is -2.47. The van der Waals surface area contributed by atoms with E-state index in [4.69, 9.17) is 9.51 Å². The Morgan fingerprint density at radius 3 is 2.53 bits per heavy atom. The summed E-state index contributed by atoms with van der Waals surface area (Å²) in [6, 6.07) is 11.3. The van der Waals surface area contributed by atoms with E-state index in [0.717, 1.165) is 59.4 Å². The van der Waals surface area contributed by atoms with Crippen LogP contribution in [0.25, 0.3) is 21.9 Å². The third kappa shape index (κ3) is 3.78. The lowest BCUT2D eigenvalue weighted by Gasteiger charge is -2.32. The molecule has 1 aliphatic heterocycles. The van der Waals surface area contributed by atoms with Gasteiger partial charge in [0.2, 0.25) is 5.95 Å². The number of anilines is 2. The van der Waals surface area contributed by atoms with E-state index < -0.39 is 0 Å². The maximum Gasteiger partial charge on any atom is 0.253 e. The van der Waals surface area contributed by atoms with E-state index in [1.165, 1.54) is 0 Å². The van der Waals surface area contributed by atoms with Crippen LogP contribution in [0, 0.1) is 0 Å². The number of amides is 1. The summed E-state index contributed by atoms with van der Waals surface area (Å²) in [7, 11) is 2.08. The fourth-order valence-corrected chi connectivity index (χ4v) is 4.02. The van der Waals surface area contributed by atoms with Crippen LogP contribution in [0.4, 0.5) is 11.6 Å². The predicted octanol–water partition coefficient (Wildman–Crippen LogP) is 4.03. The molecule has 0 aliphatic carbocycles. The Kier molecular flexibility index (Phi) is 5.22. The summed E-state index contributed by atoms with van der Waals surface area (Å²) in [6.45, 7) is 7.50. The highest BCUT2D eigenvalue weighted by atomic mass is 16.5. The molecule has 0 unspecified atom stereocenters. The zero-order valence-corrected chi connectivity index (χ0v) is 18.5. The summed E-state index contributed by atoms with van der Waals surface area (Å²) >= 11 is 0. The number of benzene rings is 2. The van der Waals surface area contributed by atoms with Gasteiger partial charge in [0.15, 0.2) is 5.58 Å². The van der Waals surface area contributed by atoms with Gasteiger partial charge in [0, 0.05) is 49.0 Å². The number of nitrogens with one attached hydrogen (secondary N) is 1. The summed E-state index contributed by atoms with van der Waals surface area (Å²) in [5.41, 5.74) is 3.93. The number of rotatable bonds is 4. The van der Waals surface area contributed by atoms with Crippen LogP contribution in [0.1, 0.15) is 35.8 Å². The van der Waals surface area contributed by atoms with Gasteiger partial charge in [-0.05, 0) is 49.4 Å². The van der Waals surface area contributed by atoms with Crippen LogP contribution >= 0.6 is 0 Å². The number of carbonyl (C=O) groups is 1. The summed E-state index contributed by atoms with van der Waals surface area (Å²) < 4.78 is 5.50. The lowest BCUT2D eigenvalue weighted by molar-refractivity contribution is 0.0664. The molecule has 3 heterocycles. The SMILES string of the molecule is CC(C)c1noc2ccc3cnc(Nc4ccc(C(=O)N5CCN(C)CC5)cc4)nc3c12. The first-order valence-electron chi connectivity index (χ1n) is 10.9. The Hall–Kier alpha value is -3.52. The van der Waals surface area contributed by atoms with Gasteiger partial charge in [-0.2, -0.15) is 0 Å². The number of aromatic nitrogens is 3. The van der Waals surface area contributed by atoms with E-state index in [9.17, 15) is 4.79 Å². The van der Waals surface area contributed by atoms with Gasteiger partial charge in [0.1, 0.15) is 0 Å². The van der Waals surface area contributed by atoms with Crippen molar-refractivity contribution in [1.29, 1.82) is 0 Å². The van der Waals surface area contributed by atoms with E-state index in [0.29, 0.717) is 11.5 Å². The van der Waals surface area contributed by atoms with Crippen molar-refractivity contribution >= 4 is 39.4 Å². The van der Waals surface area contributed by atoms with E-state index in [1.807, 2.05) is 41.3 Å². The molecular formula is C24H26N6O2. The maximum atomic E-state index is 12.8. The number of carbonyl (C=O) groups excluding carboxylic acids is 1. The number of fused-ring (bicyclic) bond motifs is 3. The minimum atomic E-state index is 0.0719. The number of hydrogen-bond acceptors (Lipinski definition) is 7. The third-order valence-corrected chi connectivity index (χ3v) is 5.94. The molecule has 5 rings (SSSR count). The summed E-state index contributed by atoms with van der Waals surface area (Å²) in [5.74, 6) is 0.778. The minimum absolute atomic E-state index is 0.0719. The predicted molar refractivity (Wildman–Crippen MR) is 124 cm³/mol. The van der Waals surface area contributed by atoms with E-state index in [1.54, 1.807) is 6.20 Å². The van der Waals surface area contributed by atoms with Crippen LogP contribution in [-0.2, 0) is 0 Å². The molecule has 4 aromatic rings. The Bertz CT molecular complexity index is 1270. The van der Waals surface area contributed by atoms with Gasteiger partial charge in [0.25, 0.3) is 5.91 Å². The standard InChI is InChI=1S/C24H26N6O2/c1-15(2)21-20-19(32-28-21)9-6-17-14-25-24(27-22(17)20)26-18-7-4-16(5-8-18)23(31)30-12-10-29(3)11-13-30/h4-9,14-15H,10-13H2,1-3H3,(H,25,26,27). The Labute approximate surface area is 186 Å². The summed E-state index contributed by atoms with van der Waals surface area (Å²) in [4.78, 5) is 26.1. The molecule has 1 amide bonds. The summed E-state index contributed by atoms with van der Waals surface area (Å²) in [6.07, 6.45) is 1.80. The molecule has 8 heteroatoms. The first kappa shape index (κ1) is 20.4. The normalized spacial score (nSPS) is 15.1. The number of hydrogen-bond donors (Lipinski definition) is 1. The highest BCUT2D eigenvalue weighted by Gasteiger charge is 2.20. The minimum Gasteiger partial charge on any atom is -0.356 e. The van der Waals surface area contributed by atoms with Gasteiger partial charge >= 0.3 is 0 Å². The Morgan fingerprint density at radius 1 is 1.06 bits per heavy atom. The van der Waals surface area contributed by atoms with Gasteiger partial charge in [0.05, 0.1) is 16.6 Å². The zero-order valence-electron chi connectivity index (χ0n) is 18.5. The average Bonchev–Trinajstić information content (AvgIpc) is 3.25.